The molecule has 1 heterocycles. The van der Waals surface area contributed by atoms with E-state index in [0.717, 1.165) is 12.1 Å². The van der Waals surface area contributed by atoms with Crippen molar-refractivity contribution >= 4 is 23.2 Å². The molecule has 0 radical (unpaired) electrons. The van der Waals surface area contributed by atoms with Gasteiger partial charge >= 0.3 is 6.18 Å². The lowest BCUT2D eigenvalue weighted by atomic mass is 10.2. The molecule has 0 spiro atoms. The quantitative estimate of drug-likeness (QED) is 0.714. The first-order valence-corrected chi connectivity index (χ1v) is 7.83. The highest BCUT2D eigenvalue weighted by Gasteiger charge is 2.33. The van der Waals surface area contributed by atoms with Gasteiger partial charge in [-0.1, -0.05) is 11.6 Å². The number of rotatable bonds is 5. The van der Waals surface area contributed by atoms with E-state index < -0.39 is 22.7 Å². The summed E-state index contributed by atoms with van der Waals surface area (Å²) >= 11 is 5.54. The first kappa shape index (κ1) is 18.6. The zero-order valence-corrected chi connectivity index (χ0v) is 14.2. The van der Waals surface area contributed by atoms with Gasteiger partial charge in [0.05, 0.1) is 16.3 Å². The van der Waals surface area contributed by atoms with Gasteiger partial charge in [0.1, 0.15) is 12.1 Å². The molecule has 0 unspecified atom stereocenters. The number of hydrogen-bond acceptors (Lipinski definition) is 5. The number of benzene rings is 2. The number of nitrogens with zero attached hydrogens (tertiary/aromatic N) is 4. The van der Waals surface area contributed by atoms with E-state index >= 15 is 0 Å². The van der Waals surface area contributed by atoms with Crippen LogP contribution in [0.15, 0.2) is 48.8 Å². The van der Waals surface area contributed by atoms with Gasteiger partial charge in [0, 0.05) is 5.69 Å². The fourth-order valence-electron chi connectivity index (χ4n) is 2.14. The molecule has 3 rings (SSSR count). The Hall–Kier alpha value is -3.14. The van der Waals surface area contributed by atoms with Crippen LogP contribution >= 0.6 is 11.6 Å². The van der Waals surface area contributed by atoms with Crippen LogP contribution in [-0.4, -0.2) is 32.7 Å². The summed E-state index contributed by atoms with van der Waals surface area (Å²) in [5, 5.41) is 12.6. The van der Waals surface area contributed by atoms with Crippen molar-refractivity contribution in [3.8, 4) is 11.4 Å². The lowest BCUT2D eigenvalue weighted by molar-refractivity contribution is -0.137. The number of anilines is 1. The second kappa shape index (κ2) is 7.62. The molecule has 0 saturated carbocycles. The van der Waals surface area contributed by atoms with Gasteiger partial charge in [0.25, 0.3) is 5.91 Å². The molecule has 1 aromatic heterocycles. The highest BCUT2D eigenvalue weighted by atomic mass is 35.5. The van der Waals surface area contributed by atoms with Gasteiger partial charge in [-0.15, -0.1) is 5.10 Å². The molecule has 7 nitrogen and oxygen atoms in total. The maximum absolute atomic E-state index is 12.8. The topological polar surface area (TPSA) is 81.9 Å². The normalized spacial score (nSPS) is 11.3. The Morgan fingerprint density at radius 1 is 1.19 bits per heavy atom. The molecule has 1 amide bonds. The zero-order chi connectivity index (χ0) is 19.4. The third kappa shape index (κ3) is 4.73. The van der Waals surface area contributed by atoms with Crippen molar-refractivity contribution in [2.75, 3.05) is 11.9 Å². The number of carbonyl (C=O) groups excluding carboxylic acids is 1. The number of halogens is 4. The first-order chi connectivity index (χ1) is 12.8. The largest absolute Gasteiger partial charge is 0.484 e. The van der Waals surface area contributed by atoms with Crippen molar-refractivity contribution < 1.29 is 22.7 Å². The van der Waals surface area contributed by atoms with Crippen LogP contribution in [0, 0.1) is 0 Å². The number of amides is 1. The van der Waals surface area contributed by atoms with Crippen LogP contribution in [-0.2, 0) is 11.0 Å². The van der Waals surface area contributed by atoms with Crippen LogP contribution in [0.2, 0.25) is 5.02 Å². The Morgan fingerprint density at radius 3 is 2.56 bits per heavy atom. The molecule has 0 aliphatic carbocycles. The van der Waals surface area contributed by atoms with E-state index in [1.54, 1.807) is 24.3 Å². The molecule has 0 atom stereocenters. The summed E-state index contributed by atoms with van der Waals surface area (Å²) in [5.41, 5.74) is -0.368. The molecule has 140 valence electrons. The Labute approximate surface area is 155 Å². The Bertz CT molecular complexity index is 930. The Balaban J connectivity index is 1.58. The van der Waals surface area contributed by atoms with Crippen molar-refractivity contribution in [2.24, 2.45) is 0 Å². The van der Waals surface area contributed by atoms with E-state index in [2.05, 4.69) is 20.8 Å². The number of hydrogen-bond donors (Lipinski definition) is 1. The molecule has 0 aliphatic heterocycles. The van der Waals surface area contributed by atoms with Crippen LogP contribution in [0.5, 0.6) is 5.75 Å². The number of tetrazole rings is 1. The molecular weight excluding hydrogens is 387 g/mol. The SMILES string of the molecule is O=C(COc1ccc(-n2cnnn2)cc1)Nc1ccc(Cl)c(C(F)(F)F)c1. The molecule has 0 saturated heterocycles. The molecule has 2 aromatic carbocycles. The highest BCUT2D eigenvalue weighted by molar-refractivity contribution is 6.31. The fraction of sp³-hybridized carbons (Fsp3) is 0.125. The lowest BCUT2D eigenvalue weighted by Crippen LogP contribution is -2.20. The predicted octanol–water partition coefficient (Wildman–Crippen LogP) is 3.35. The molecular formula is C16H11ClF3N5O2. The lowest BCUT2D eigenvalue weighted by Gasteiger charge is -2.12. The van der Waals surface area contributed by atoms with Crippen molar-refractivity contribution in [1.82, 2.24) is 20.2 Å². The third-order valence-electron chi connectivity index (χ3n) is 3.38. The number of nitrogens with one attached hydrogen (secondary N) is 1. The van der Waals surface area contributed by atoms with Gasteiger partial charge in [-0.3, -0.25) is 4.79 Å². The summed E-state index contributed by atoms with van der Waals surface area (Å²) in [5.74, 6) is -0.218. The first-order valence-electron chi connectivity index (χ1n) is 7.46. The zero-order valence-electron chi connectivity index (χ0n) is 13.4. The van der Waals surface area contributed by atoms with Crippen LogP contribution in [0.3, 0.4) is 0 Å². The van der Waals surface area contributed by atoms with Crippen molar-refractivity contribution in [2.45, 2.75) is 6.18 Å². The minimum atomic E-state index is -4.62. The van der Waals surface area contributed by atoms with Gasteiger partial charge in [-0.2, -0.15) is 13.2 Å². The maximum atomic E-state index is 12.8. The van der Waals surface area contributed by atoms with Crippen molar-refractivity contribution in [3.05, 3.63) is 59.4 Å². The molecule has 1 N–H and O–H groups in total. The minimum absolute atomic E-state index is 0.0330. The number of aromatic nitrogens is 4. The number of ether oxygens (including phenoxy) is 1. The molecule has 11 heteroatoms. The maximum Gasteiger partial charge on any atom is 0.417 e. The summed E-state index contributed by atoms with van der Waals surface area (Å²) in [6.45, 7) is -0.381. The van der Waals surface area contributed by atoms with E-state index in [-0.39, 0.29) is 12.3 Å². The van der Waals surface area contributed by atoms with Crippen LogP contribution in [0.25, 0.3) is 5.69 Å². The molecule has 27 heavy (non-hydrogen) atoms. The minimum Gasteiger partial charge on any atom is -0.484 e. The summed E-state index contributed by atoms with van der Waals surface area (Å²) in [4.78, 5) is 11.9. The van der Waals surface area contributed by atoms with E-state index in [0.29, 0.717) is 11.4 Å². The van der Waals surface area contributed by atoms with E-state index in [9.17, 15) is 18.0 Å². The molecule has 0 fully saturated rings. The van der Waals surface area contributed by atoms with Gasteiger partial charge in [-0.25, -0.2) is 4.68 Å². The number of alkyl halides is 3. The van der Waals surface area contributed by atoms with Gasteiger partial charge < -0.3 is 10.1 Å². The predicted molar refractivity (Wildman–Crippen MR) is 89.7 cm³/mol. The van der Waals surface area contributed by atoms with Crippen molar-refractivity contribution in [1.29, 1.82) is 0 Å². The second-order valence-corrected chi connectivity index (χ2v) is 5.68. The Kier molecular flexibility index (Phi) is 5.26. The van der Waals surface area contributed by atoms with Gasteiger partial charge in [0.2, 0.25) is 0 Å². The number of carbonyl (C=O) groups is 1. The smallest absolute Gasteiger partial charge is 0.417 e. The standard InChI is InChI=1S/C16H11ClF3N5O2/c17-14-6-1-10(7-13(14)16(18,19)20)22-15(26)8-27-12-4-2-11(3-5-12)25-9-21-23-24-25/h1-7,9H,8H2,(H,22,26). The molecule has 0 bridgehead atoms. The monoisotopic (exact) mass is 397 g/mol. The summed E-state index contributed by atoms with van der Waals surface area (Å²) in [6.07, 6.45) is -3.19. The Morgan fingerprint density at radius 2 is 1.93 bits per heavy atom. The van der Waals surface area contributed by atoms with Crippen molar-refractivity contribution in [3.63, 3.8) is 0 Å². The summed E-state index contributed by atoms with van der Waals surface area (Å²) in [7, 11) is 0. The molecule has 0 aliphatic rings. The van der Waals surface area contributed by atoms with Crippen LogP contribution in [0.1, 0.15) is 5.56 Å². The van der Waals surface area contributed by atoms with E-state index in [1.165, 1.54) is 17.1 Å². The molecule has 3 aromatic rings. The third-order valence-corrected chi connectivity index (χ3v) is 3.71. The van der Waals surface area contributed by atoms with Gasteiger partial charge in [0.15, 0.2) is 6.61 Å². The average molecular weight is 398 g/mol. The van der Waals surface area contributed by atoms with E-state index in [1.807, 2.05) is 0 Å². The average Bonchev–Trinajstić information content (AvgIpc) is 3.16. The second-order valence-electron chi connectivity index (χ2n) is 5.28. The van der Waals surface area contributed by atoms with Crippen LogP contribution < -0.4 is 10.1 Å². The van der Waals surface area contributed by atoms with E-state index in [4.69, 9.17) is 16.3 Å². The summed E-state index contributed by atoms with van der Waals surface area (Å²) < 4.78 is 45.3. The van der Waals surface area contributed by atoms with Crippen LogP contribution in [0.4, 0.5) is 18.9 Å². The fourth-order valence-corrected chi connectivity index (χ4v) is 2.37. The summed E-state index contributed by atoms with van der Waals surface area (Å²) in [6, 6.07) is 9.68. The van der Waals surface area contributed by atoms with Gasteiger partial charge in [-0.05, 0) is 52.9 Å². The highest BCUT2D eigenvalue weighted by Crippen LogP contribution is 2.36.